The highest BCUT2D eigenvalue weighted by atomic mass is 15.0. The number of hydrogen-bond donors (Lipinski definition) is 1. The molecule has 0 aliphatic carbocycles. The Labute approximate surface area is 118 Å². The van der Waals surface area contributed by atoms with E-state index in [9.17, 15) is 0 Å². The Balaban J connectivity index is 2.05. The van der Waals surface area contributed by atoms with Gasteiger partial charge in [0.1, 0.15) is 5.82 Å². The number of fused-ring (bicyclic) bond motifs is 1. The number of nitrogens with zero attached hydrogens (tertiary/aromatic N) is 2. The van der Waals surface area contributed by atoms with E-state index in [0.717, 1.165) is 40.2 Å². The number of aryl methyl sites for hydroxylation is 1. The van der Waals surface area contributed by atoms with Crippen molar-refractivity contribution in [2.24, 2.45) is 0 Å². The first-order chi connectivity index (χ1) is 9.76. The van der Waals surface area contributed by atoms with Gasteiger partial charge >= 0.3 is 0 Å². The Hall–Kier alpha value is -2.42. The van der Waals surface area contributed by atoms with Gasteiger partial charge in [-0.15, -0.1) is 0 Å². The minimum Gasteiger partial charge on any atom is -0.370 e. The Morgan fingerprint density at radius 2 is 1.90 bits per heavy atom. The van der Waals surface area contributed by atoms with Crippen LogP contribution in [0.25, 0.3) is 22.2 Å². The molecule has 3 rings (SSSR count). The van der Waals surface area contributed by atoms with E-state index in [4.69, 9.17) is 0 Å². The van der Waals surface area contributed by atoms with Crippen molar-refractivity contribution in [1.82, 2.24) is 9.97 Å². The summed E-state index contributed by atoms with van der Waals surface area (Å²) in [6, 6.07) is 16.5. The lowest BCUT2D eigenvalue weighted by Crippen LogP contribution is -1.99. The molecule has 1 aromatic carbocycles. The number of benzene rings is 1. The average molecular weight is 263 g/mol. The van der Waals surface area contributed by atoms with Crippen LogP contribution in [0.3, 0.4) is 0 Å². The summed E-state index contributed by atoms with van der Waals surface area (Å²) < 4.78 is 0. The van der Waals surface area contributed by atoms with Crippen LogP contribution in [0.2, 0.25) is 0 Å². The van der Waals surface area contributed by atoms with Gasteiger partial charge in [0.2, 0.25) is 0 Å². The second-order valence-corrected chi connectivity index (χ2v) is 4.80. The monoisotopic (exact) mass is 263 g/mol. The third kappa shape index (κ3) is 2.48. The lowest BCUT2D eigenvalue weighted by molar-refractivity contribution is 1.16. The van der Waals surface area contributed by atoms with E-state index in [1.165, 1.54) is 0 Å². The molecule has 0 saturated carbocycles. The molecule has 20 heavy (non-hydrogen) atoms. The Morgan fingerprint density at radius 3 is 2.75 bits per heavy atom. The summed E-state index contributed by atoms with van der Waals surface area (Å²) in [7, 11) is 0. The highest BCUT2D eigenvalue weighted by Crippen LogP contribution is 2.23. The number of rotatable bonds is 3. The molecule has 0 bridgehead atoms. The van der Waals surface area contributed by atoms with Gasteiger partial charge in [0.15, 0.2) is 0 Å². The average Bonchev–Trinajstić information content (AvgIpc) is 2.47. The predicted octanol–water partition coefficient (Wildman–Crippen LogP) is 4.04. The van der Waals surface area contributed by atoms with Crippen molar-refractivity contribution >= 4 is 16.7 Å². The maximum atomic E-state index is 4.63. The van der Waals surface area contributed by atoms with Crippen molar-refractivity contribution in [2.75, 3.05) is 11.9 Å². The number of aromatic nitrogens is 2. The zero-order valence-corrected chi connectivity index (χ0v) is 11.7. The summed E-state index contributed by atoms with van der Waals surface area (Å²) in [6.07, 6.45) is 0. The lowest BCUT2D eigenvalue weighted by Gasteiger charge is -2.07. The number of nitrogens with one attached hydrogen (secondary N) is 1. The normalized spacial score (nSPS) is 10.7. The SMILES string of the molecule is CCNc1cccc(-c2ccc3nc(C)ccc3c2)n1. The van der Waals surface area contributed by atoms with E-state index in [1.54, 1.807) is 0 Å². The van der Waals surface area contributed by atoms with Crippen molar-refractivity contribution < 1.29 is 0 Å². The van der Waals surface area contributed by atoms with Gasteiger partial charge in [-0.3, -0.25) is 4.98 Å². The Bertz CT molecular complexity index is 750. The first kappa shape index (κ1) is 12.6. The Morgan fingerprint density at radius 1 is 1.00 bits per heavy atom. The highest BCUT2D eigenvalue weighted by Gasteiger charge is 2.03. The number of anilines is 1. The van der Waals surface area contributed by atoms with Crippen LogP contribution in [-0.4, -0.2) is 16.5 Å². The van der Waals surface area contributed by atoms with Crippen LogP contribution in [0.1, 0.15) is 12.6 Å². The van der Waals surface area contributed by atoms with Crippen LogP contribution in [0.4, 0.5) is 5.82 Å². The molecular formula is C17H17N3. The standard InChI is InChI=1S/C17H17N3/c1-3-18-17-6-4-5-15(20-17)14-9-10-16-13(11-14)8-7-12(2)19-16/h4-11H,3H2,1-2H3,(H,18,20). The second kappa shape index (κ2) is 5.29. The predicted molar refractivity (Wildman–Crippen MR) is 83.9 cm³/mol. The van der Waals surface area contributed by atoms with Gasteiger partial charge in [0, 0.05) is 23.2 Å². The number of hydrogen-bond acceptors (Lipinski definition) is 3. The highest BCUT2D eigenvalue weighted by molar-refractivity contribution is 5.84. The van der Waals surface area contributed by atoms with Gasteiger partial charge in [0.05, 0.1) is 11.2 Å². The van der Waals surface area contributed by atoms with E-state index < -0.39 is 0 Å². The van der Waals surface area contributed by atoms with E-state index in [0.29, 0.717) is 0 Å². The van der Waals surface area contributed by atoms with Crippen molar-refractivity contribution in [2.45, 2.75) is 13.8 Å². The zero-order valence-electron chi connectivity index (χ0n) is 11.7. The molecule has 0 aliphatic heterocycles. The fourth-order valence-electron chi connectivity index (χ4n) is 2.26. The number of pyridine rings is 2. The van der Waals surface area contributed by atoms with Crippen LogP contribution in [0.15, 0.2) is 48.5 Å². The topological polar surface area (TPSA) is 37.8 Å². The summed E-state index contributed by atoms with van der Waals surface area (Å²) in [4.78, 5) is 9.15. The van der Waals surface area contributed by atoms with Crippen LogP contribution in [-0.2, 0) is 0 Å². The summed E-state index contributed by atoms with van der Waals surface area (Å²) in [5, 5.41) is 4.38. The molecule has 0 saturated heterocycles. The molecule has 1 N–H and O–H groups in total. The third-order valence-electron chi connectivity index (χ3n) is 3.23. The van der Waals surface area contributed by atoms with Crippen molar-refractivity contribution in [3.8, 4) is 11.3 Å². The summed E-state index contributed by atoms with van der Waals surface area (Å²) in [5.74, 6) is 0.909. The van der Waals surface area contributed by atoms with Gasteiger partial charge in [-0.1, -0.05) is 18.2 Å². The first-order valence-electron chi connectivity index (χ1n) is 6.85. The lowest BCUT2D eigenvalue weighted by atomic mass is 10.1. The quantitative estimate of drug-likeness (QED) is 0.775. The van der Waals surface area contributed by atoms with Crippen molar-refractivity contribution in [3.05, 3.63) is 54.2 Å². The third-order valence-corrected chi connectivity index (χ3v) is 3.23. The van der Waals surface area contributed by atoms with Crippen molar-refractivity contribution in [3.63, 3.8) is 0 Å². The zero-order chi connectivity index (χ0) is 13.9. The fraction of sp³-hybridized carbons (Fsp3) is 0.176. The van der Waals surface area contributed by atoms with Crippen molar-refractivity contribution in [1.29, 1.82) is 0 Å². The van der Waals surface area contributed by atoms with Gasteiger partial charge in [-0.25, -0.2) is 4.98 Å². The minimum absolute atomic E-state index is 0.872. The molecule has 3 heteroatoms. The van der Waals surface area contributed by atoms with Gasteiger partial charge in [0.25, 0.3) is 0 Å². The molecule has 0 aliphatic rings. The first-order valence-corrected chi connectivity index (χ1v) is 6.85. The molecule has 3 nitrogen and oxygen atoms in total. The maximum Gasteiger partial charge on any atom is 0.126 e. The molecule has 0 spiro atoms. The van der Waals surface area contributed by atoms with E-state index in [-0.39, 0.29) is 0 Å². The molecule has 0 atom stereocenters. The molecule has 0 radical (unpaired) electrons. The van der Waals surface area contributed by atoms with Gasteiger partial charge in [-0.05, 0) is 44.2 Å². The molecule has 2 aromatic heterocycles. The molecule has 0 unspecified atom stereocenters. The maximum absolute atomic E-state index is 4.63. The Kier molecular flexibility index (Phi) is 3.33. The van der Waals surface area contributed by atoms with Gasteiger partial charge in [-0.2, -0.15) is 0 Å². The largest absolute Gasteiger partial charge is 0.370 e. The summed E-state index contributed by atoms with van der Waals surface area (Å²) >= 11 is 0. The minimum atomic E-state index is 0.872. The van der Waals surface area contributed by atoms with Crippen LogP contribution in [0.5, 0.6) is 0 Å². The fourth-order valence-corrected chi connectivity index (χ4v) is 2.26. The van der Waals surface area contributed by atoms with E-state index >= 15 is 0 Å². The van der Waals surface area contributed by atoms with Crippen LogP contribution < -0.4 is 5.32 Å². The van der Waals surface area contributed by atoms with E-state index in [2.05, 4.69) is 46.5 Å². The molecule has 100 valence electrons. The molecule has 0 amide bonds. The smallest absolute Gasteiger partial charge is 0.126 e. The molecule has 3 aromatic rings. The van der Waals surface area contributed by atoms with Crippen LogP contribution in [0, 0.1) is 6.92 Å². The molecular weight excluding hydrogens is 246 g/mol. The van der Waals surface area contributed by atoms with Gasteiger partial charge < -0.3 is 5.32 Å². The molecule has 0 fully saturated rings. The van der Waals surface area contributed by atoms with Crippen LogP contribution >= 0.6 is 0 Å². The molecule has 2 heterocycles. The summed E-state index contributed by atoms with van der Waals surface area (Å²) in [6.45, 7) is 4.95. The van der Waals surface area contributed by atoms with E-state index in [1.807, 2.05) is 31.2 Å². The summed E-state index contributed by atoms with van der Waals surface area (Å²) in [5.41, 5.74) is 4.16. The second-order valence-electron chi connectivity index (χ2n) is 4.80.